The number of aliphatic carboxylic acids is 1. The summed E-state index contributed by atoms with van der Waals surface area (Å²) in [5, 5.41) is 22.7. The lowest BCUT2D eigenvalue weighted by molar-refractivity contribution is -0.138. The number of hydrogen-bond donors (Lipinski definition) is 2. The normalized spacial score (nSPS) is 13.1. The van der Waals surface area contributed by atoms with Gasteiger partial charge in [0.2, 0.25) is 0 Å². The van der Waals surface area contributed by atoms with E-state index in [0.717, 1.165) is 9.38 Å². The van der Waals surface area contributed by atoms with Crippen molar-refractivity contribution < 1.29 is 15.0 Å². The molecule has 0 radical (unpaired) electrons. The number of aliphatic hydroxyl groups is 1. The van der Waals surface area contributed by atoms with Gasteiger partial charge in [-0.05, 0) is 19.1 Å². The summed E-state index contributed by atoms with van der Waals surface area (Å²) in [7, 11) is 0. The maximum Gasteiger partial charge on any atom is 0.325 e. The summed E-state index contributed by atoms with van der Waals surface area (Å²) in [5.74, 6) is -0.989. The Morgan fingerprint density at radius 3 is 2.81 bits per heavy atom. The zero-order valence-corrected chi connectivity index (χ0v) is 12.4. The van der Waals surface area contributed by atoms with E-state index in [1.54, 1.807) is 12.1 Å². The van der Waals surface area contributed by atoms with Crippen molar-refractivity contribution in [3.63, 3.8) is 0 Å². The molecule has 0 spiro atoms. The average molecular weight is 328 g/mol. The molecule has 0 fully saturated rings. The van der Waals surface area contributed by atoms with Gasteiger partial charge in [0, 0.05) is 0 Å². The van der Waals surface area contributed by atoms with Crippen molar-refractivity contribution in [1.29, 1.82) is 0 Å². The fourth-order valence-corrected chi connectivity index (χ4v) is 3.38. The zero-order valence-electron chi connectivity index (χ0n) is 10.8. The van der Waals surface area contributed by atoms with Crippen LogP contribution in [-0.4, -0.2) is 30.4 Å². The summed E-state index contributed by atoms with van der Waals surface area (Å²) in [6, 6.07) is 3.31. The van der Waals surface area contributed by atoms with Crippen molar-refractivity contribution in [2.24, 2.45) is 0 Å². The standard InChI is InChI=1S/C12H10ClN3O4S/c1-5(17)11-14-15(4-10(18)19)12(20)7-2-8-6(16(7)11)3-9(13)21-8/h2-3,5,17H,4H2,1H3,(H,18,19). The number of aromatic nitrogens is 3. The fourth-order valence-electron chi connectivity index (χ4n) is 2.22. The number of thiophene rings is 1. The third-order valence-electron chi connectivity index (χ3n) is 3.02. The van der Waals surface area contributed by atoms with Crippen LogP contribution < -0.4 is 5.56 Å². The van der Waals surface area contributed by atoms with E-state index in [1.165, 1.54) is 22.7 Å². The molecule has 7 nitrogen and oxygen atoms in total. The van der Waals surface area contributed by atoms with E-state index in [-0.39, 0.29) is 11.3 Å². The minimum atomic E-state index is -1.18. The number of carbonyl (C=O) groups is 1. The number of halogens is 1. The molecule has 1 unspecified atom stereocenters. The van der Waals surface area contributed by atoms with Crippen LogP contribution in [0.15, 0.2) is 16.9 Å². The Morgan fingerprint density at radius 2 is 2.19 bits per heavy atom. The van der Waals surface area contributed by atoms with Gasteiger partial charge < -0.3 is 10.2 Å². The highest BCUT2D eigenvalue weighted by Crippen LogP contribution is 2.32. The zero-order chi connectivity index (χ0) is 15.3. The molecule has 0 bridgehead atoms. The molecule has 0 aromatic carbocycles. The SMILES string of the molecule is CC(O)c1nn(CC(=O)O)c(=O)c2cc3sc(Cl)cc3n12. The Hall–Kier alpha value is -1.90. The molecular weight excluding hydrogens is 318 g/mol. The van der Waals surface area contributed by atoms with E-state index in [4.69, 9.17) is 16.7 Å². The van der Waals surface area contributed by atoms with Crippen molar-refractivity contribution in [2.45, 2.75) is 19.6 Å². The smallest absolute Gasteiger partial charge is 0.325 e. The van der Waals surface area contributed by atoms with E-state index in [9.17, 15) is 14.7 Å². The van der Waals surface area contributed by atoms with Gasteiger partial charge in [-0.2, -0.15) is 5.10 Å². The van der Waals surface area contributed by atoms with Gasteiger partial charge in [-0.25, -0.2) is 4.68 Å². The third-order valence-corrected chi connectivity index (χ3v) is 4.22. The Balaban J connectivity index is 2.44. The first kappa shape index (κ1) is 14.1. The summed E-state index contributed by atoms with van der Waals surface area (Å²) in [5.41, 5.74) is 0.407. The molecule has 3 rings (SSSR count). The Kier molecular flexibility index (Phi) is 3.23. The highest BCUT2D eigenvalue weighted by atomic mass is 35.5. The molecule has 1 atom stereocenters. The van der Waals surface area contributed by atoms with Crippen molar-refractivity contribution in [3.05, 3.63) is 32.6 Å². The number of aliphatic hydroxyl groups excluding tert-OH is 1. The van der Waals surface area contributed by atoms with Crippen LogP contribution in [0.2, 0.25) is 4.34 Å². The van der Waals surface area contributed by atoms with E-state index >= 15 is 0 Å². The number of fused-ring (bicyclic) bond motifs is 3. The lowest BCUT2D eigenvalue weighted by Crippen LogP contribution is -2.30. The number of nitrogens with zero attached hydrogens (tertiary/aromatic N) is 3. The number of hydrogen-bond acceptors (Lipinski definition) is 5. The molecular formula is C12H10ClN3O4S. The van der Waals surface area contributed by atoms with E-state index < -0.39 is 24.2 Å². The van der Waals surface area contributed by atoms with Crippen molar-refractivity contribution in [2.75, 3.05) is 0 Å². The molecule has 21 heavy (non-hydrogen) atoms. The molecule has 0 aliphatic carbocycles. The van der Waals surface area contributed by atoms with Gasteiger partial charge in [0.05, 0.1) is 14.6 Å². The lowest BCUT2D eigenvalue weighted by Gasteiger charge is -2.11. The molecule has 3 aromatic heterocycles. The van der Waals surface area contributed by atoms with Gasteiger partial charge >= 0.3 is 5.97 Å². The van der Waals surface area contributed by atoms with Gasteiger partial charge in [-0.3, -0.25) is 14.0 Å². The summed E-state index contributed by atoms with van der Waals surface area (Å²) >= 11 is 7.26. The second-order valence-electron chi connectivity index (χ2n) is 4.56. The highest BCUT2D eigenvalue weighted by Gasteiger charge is 2.19. The largest absolute Gasteiger partial charge is 0.480 e. The Bertz CT molecular complexity index is 924. The summed E-state index contributed by atoms with van der Waals surface area (Å²) in [6.07, 6.45) is -0.970. The first-order valence-electron chi connectivity index (χ1n) is 6.00. The molecule has 0 aliphatic heterocycles. The maximum atomic E-state index is 12.3. The summed E-state index contributed by atoms with van der Waals surface area (Å²) in [6.45, 7) is 0.936. The number of carboxylic acid groups (broad SMARTS) is 1. The van der Waals surface area contributed by atoms with E-state index in [1.807, 2.05) is 0 Å². The summed E-state index contributed by atoms with van der Waals surface area (Å²) < 4.78 is 3.68. The molecule has 3 heterocycles. The second-order valence-corrected chi connectivity index (χ2v) is 6.27. The highest BCUT2D eigenvalue weighted by molar-refractivity contribution is 7.22. The van der Waals surface area contributed by atoms with Crippen molar-refractivity contribution in [1.82, 2.24) is 14.2 Å². The van der Waals surface area contributed by atoms with E-state index in [0.29, 0.717) is 9.85 Å². The van der Waals surface area contributed by atoms with Crippen LogP contribution in [0.25, 0.3) is 15.7 Å². The third kappa shape index (κ3) is 2.21. The molecule has 110 valence electrons. The number of rotatable bonds is 3. The second kappa shape index (κ2) is 4.83. The number of carboxylic acids is 1. The fraction of sp³-hybridized carbons (Fsp3) is 0.250. The predicted octanol–water partition coefficient (Wildman–Crippen LogP) is 1.50. The van der Waals surface area contributed by atoms with Crippen LogP contribution in [0.4, 0.5) is 0 Å². The quantitative estimate of drug-likeness (QED) is 0.760. The van der Waals surface area contributed by atoms with Crippen LogP contribution in [0, 0.1) is 0 Å². The molecule has 9 heteroatoms. The molecule has 0 amide bonds. The minimum Gasteiger partial charge on any atom is -0.480 e. The van der Waals surface area contributed by atoms with Gasteiger partial charge in [0.1, 0.15) is 18.2 Å². The van der Waals surface area contributed by atoms with Gasteiger partial charge in [0.15, 0.2) is 5.82 Å². The molecule has 0 saturated heterocycles. The van der Waals surface area contributed by atoms with Gasteiger partial charge in [-0.15, -0.1) is 11.3 Å². The predicted molar refractivity (Wildman–Crippen MR) is 78.1 cm³/mol. The maximum absolute atomic E-state index is 12.3. The topological polar surface area (TPSA) is 96.8 Å². The molecule has 0 aliphatic rings. The lowest BCUT2D eigenvalue weighted by atomic mass is 10.3. The van der Waals surface area contributed by atoms with Crippen LogP contribution in [-0.2, 0) is 11.3 Å². The minimum absolute atomic E-state index is 0.190. The molecule has 2 N–H and O–H groups in total. The van der Waals surface area contributed by atoms with Crippen LogP contribution in [0.5, 0.6) is 0 Å². The monoisotopic (exact) mass is 327 g/mol. The first-order valence-corrected chi connectivity index (χ1v) is 7.19. The Labute approximate surface area is 126 Å². The van der Waals surface area contributed by atoms with Gasteiger partial charge in [-0.1, -0.05) is 11.6 Å². The van der Waals surface area contributed by atoms with Gasteiger partial charge in [0.25, 0.3) is 5.56 Å². The van der Waals surface area contributed by atoms with Crippen LogP contribution >= 0.6 is 22.9 Å². The van der Waals surface area contributed by atoms with Crippen molar-refractivity contribution >= 4 is 44.6 Å². The average Bonchev–Trinajstić information content (AvgIpc) is 2.88. The summed E-state index contributed by atoms with van der Waals surface area (Å²) in [4.78, 5) is 23.1. The van der Waals surface area contributed by atoms with Crippen LogP contribution in [0.1, 0.15) is 18.9 Å². The van der Waals surface area contributed by atoms with Crippen molar-refractivity contribution in [3.8, 4) is 0 Å². The van der Waals surface area contributed by atoms with Crippen LogP contribution in [0.3, 0.4) is 0 Å². The Morgan fingerprint density at radius 1 is 1.48 bits per heavy atom. The first-order chi connectivity index (χ1) is 9.88. The molecule has 0 saturated carbocycles. The molecule has 3 aromatic rings. The van der Waals surface area contributed by atoms with E-state index in [2.05, 4.69) is 5.10 Å².